The third-order valence-corrected chi connectivity index (χ3v) is 3.86. The Hall–Kier alpha value is -1.77. The van der Waals surface area contributed by atoms with Crippen LogP contribution in [0, 0.1) is 5.92 Å². The van der Waals surface area contributed by atoms with Crippen molar-refractivity contribution >= 4 is 5.78 Å². The summed E-state index contributed by atoms with van der Waals surface area (Å²) in [6.07, 6.45) is 4.48. The molecule has 1 aromatic rings. The van der Waals surface area contributed by atoms with Crippen LogP contribution in [-0.4, -0.2) is 19.4 Å². The Labute approximate surface area is 127 Å². The molecule has 1 aliphatic carbocycles. The van der Waals surface area contributed by atoms with Crippen molar-refractivity contribution in [3.63, 3.8) is 0 Å². The maximum Gasteiger partial charge on any atom is 0.139 e. The van der Waals surface area contributed by atoms with Crippen LogP contribution >= 0.6 is 0 Å². The van der Waals surface area contributed by atoms with E-state index < -0.39 is 0 Å². The van der Waals surface area contributed by atoms with Crippen LogP contribution in [0.1, 0.15) is 44.6 Å². The number of carbonyl (C=O) groups is 1. The van der Waals surface area contributed by atoms with Crippen molar-refractivity contribution in [1.82, 2.24) is 5.32 Å². The average molecular weight is 287 g/mol. The third kappa shape index (κ3) is 4.62. The number of hydrogen-bond acceptors (Lipinski definition) is 3. The minimum Gasteiger partial charge on any atom is -0.497 e. The highest BCUT2D eigenvalue weighted by atomic mass is 16.5. The molecule has 0 aromatic heterocycles. The molecule has 0 heterocycles. The quantitative estimate of drug-likeness (QED) is 0.867. The first-order chi connectivity index (χ1) is 10.1. The van der Waals surface area contributed by atoms with Crippen LogP contribution < -0.4 is 10.1 Å². The summed E-state index contributed by atoms with van der Waals surface area (Å²) in [6.45, 7) is 5.36. The molecule has 0 spiro atoms. The van der Waals surface area contributed by atoms with Gasteiger partial charge in [-0.3, -0.25) is 4.79 Å². The standard InChI is InChI=1S/C18H25NO2/c1-13(2)8-9-19-16-10-15(11-17(20)12-16)14-4-6-18(21-3)7-5-14/h4-7,10,13,15,19H,8-9,11-12H2,1-3H3. The molecule has 1 N–H and O–H groups in total. The van der Waals surface area contributed by atoms with Crippen LogP contribution in [0.2, 0.25) is 0 Å². The second-order valence-corrected chi connectivity index (χ2v) is 6.10. The number of ketones is 1. The van der Waals surface area contributed by atoms with Crippen LogP contribution in [-0.2, 0) is 4.79 Å². The monoisotopic (exact) mass is 287 g/mol. The predicted molar refractivity (Wildman–Crippen MR) is 85.5 cm³/mol. The van der Waals surface area contributed by atoms with Gasteiger partial charge in [0.05, 0.1) is 7.11 Å². The first-order valence-electron chi connectivity index (χ1n) is 7.68. The minimum absolute atomic E-state index is 0.179. The van der Waals surface area contributed by atoms with E-state index in [-0.39, 0.29) is 5.92 Å². The summed E-state index contributed by atoms with van der Waals surface area (Å²) < 4.78 is 5.18. The van der Waals surface area contributed by atoms with Gasteiger partial charge < -0.3 is 10.1 Å². The average Bonchev–Trinajstić information content (AvgIpc) is 2.46. The van der Waals surface area contributed by atoms with E-state index in [2.05, 4.69) is 25.2 Å². The normalized spacial score (nSPS) is 18.6. The number of allylic oxidation sites excluding steroid dienone is 2. The van der Waals surface area contributed by atoms with Crippen molar-refractivity contribution < 1.29 is 9.53 Å². The lowest BCUT2D eigenvalue weighted by Crippen LogP contribution is -2.23. The zero-order valence-corrected chi connectivity index (χ0v) is 13.2. The Morgan fingerprint density at radius 1 is 1.29 bits per heavy atom. The van der Waals surface area contributed by atoms with Gasteiger partial charge in [-0.25, -0.2) is 0 Å². The van der Waals surface area contributed by atoms with Gasteiger partial charge in [-0.05, 0) is 30.0 Å². The fraction of sp³-hybridized carbons (Fsp3) is 0.500. The molecule has 114 valence electrons. The summed E-state index contributed by atoms with van der Waals surface area (Å²) in [6, 6.07) is 8.00. The van der Waals surface area contributed by atoms with E-state index in [9.17, 15) is 4.79 Å². The fourth-order valence-electron chi connectivity index (χ4n) is 2.60. The number of nitrogens with one attached hydrogen (secondary N) is 1. The maximum absolute atomic E-state index is 12.0. The van der Waals surface area contributed by atoms with E-state index in [0.717, 1.165) is 24.4 Å². The van der Waals surface area contributed by atoms with Crippen molar-refractivity contribution in [2.24, 2.45) is 5.92 Å². The van der Waals surface area contributed by atoms with Gasteiger partial charge in [0.1, 0.15) is 11.5 Å². The highest BCUT2D eigenvalue weighted by Crippen LogP contribution is 2.29. The molecule has 0 saturated carbocycles. The molecule has 0 radical (unpaired) electrons. The zero-order chi connectivity index (χ0) is 15.2. The van der Waals surface area contributed by atoms with E-state index in [1.807, 2.05) is 24.3 Å². The summed E-state index contributed by atoms with van der Waals surface area (Å²) in [5.41, 5.74) is 2.25. The van der Waals surface area contributed by atoms with Crippen molar-refractivity contribution in [3.8, 4) is 5.75 Å². The highest BCUT2D eigenvalue weighted by Gasteiger charge is 2.21. The van der Waals surface area contributed by atoms with Crippen molar-refractivity contribution in [2.75, 3.05) is 13.7 Å². The topological polar surface area (TPSA) is 38.3 Å². The molecule has 3 nitrogen and oxygen atoms in total. The molecule has 0 fully saturated rings. The van der Waals surface area contributed by atoms with Gasteiger partial charge >= 0.3 is 0 Å². The van der Waals surface area contributed by atoms with Gasteiger partial charge in [-0.2, -0.15) is 0 Å². The second kappa shape index (κ2) is 7.30. The van der Waals surface area contributed by atoms with Gasteiger partial charge in [0, 0.05) is 31.0 Å². The lowest BCUT2D eigenvalue weighted by Gasteiger charge is -2.22. The first-order valence-corrected chi connectivity index (χ1v) is 7.68. The number of carbonyl (C=O) groups excluding carboxylic acids is 1. The Balaban J connectivity index is 2.05. The van der Waals surface area contributed by atoms with Gasteiger partial charge in [0.2, 0.25) is 0 Å². The smallest absolute Gasteiger partial charge is 0.139 e. The highest BCUT2D eigenvalue weighted by molar-refractivity contribution is 5.83. The van der Waals surface area contributed by atoms with Gasteiger partial charge in [-0.1, -0.05) is 32.1 Å². The van der Waals surface area contributed by atoms with Crippen LogP contribution in [0.15, 0.2) is 36.0 Å². The first kappa shape index (κ1) is 15.6. The Morgan fingerprint density at radius 3 is 2.62 bits per heavy atom. The molecule has 1 aromatic carbocycles. The molecule has 1 atom stereocenters. The number of benzene rings is 1. The third-order valence-electron chi connectivity index (χ3n) is 3.86. The molecule has 2 rings (SSSR count). The van der Waals surface area contributed by atoms with Gasteiger partial charge in [0.25, 0.3) is 0 Å². The van der Waals surface area contributed by atoms with Crippen molar-refractivity contribution in [1.29, 1.82) is 0 Å². The number of rotatable bonds is 6. The molecule has 1 aliphatic rings. The molecule has 21 heavy (non-hydrogen) atoms. The second-order valence-electron chi connectivity index (χ2n) is 6.10. The molecule has 0 saturated heterocycles. The largest absolute Gasteiger partial charge is 0.497 e. The molecular weight excluding hydrogens is 262 g/mol. The van der Waals surface area contributed by atoms with E-state index in [1.165, 1.54) is 5.56 Å². The van der Waals surface area contributed by atoms with Gasteiger partial charge in [0.15, 0.2) is 0 Å². The summed E-state index contributed by atoms with van der Waals surface area (Å²) >= 11 is 0. The molecule has 0 aliphatic heterocycles. The Bertz CT molecular complexity index is 502. The van der Waals surface area contributed by atoms with E-state index >= 15 is 0 Å². The van der Waals surface area contributed by atoms with Crippen LogP contribution in [0.3, 0.4) is 0 Å². The summed E-state index contributed by atoms with van der Waals surface area (Å²) in [5.74, 6) is 2.01. The summed E-state index contributed by atoms with van der Waals surface area (Å²) in [4.78, 5) is 12.0. The zero-order valence-electron chi connectivity index (χ0n) is 13.2. The Kier molecular flexibility index (Phi) is 5.43. The maximum atomic E-state index is 12.0. The van der Waals surface area contributed by atoms with E-state index in [0.29, 0.717) is 24.5 Å². The van der Waals surface area contributed by atoms with Crippen molar-refractivity contribution in [3.05, 3.63) is 41.6 Å². The number of ether oxygens (including phenoxy) is 1. The number of Topliss-reactive ketones (excluding diaryl/α,β-unsaturated/α-hetero) is 1. The molecular formula is C18H25NO2. The molecule has 1 unspecified atom stereocenters. The fourth-order valence-corrected chi connectivity index (χ4v) is 2.60. The van der Waals surface area contributed by atoms with Gasteiger partial charge in [-0.15, -0.1) is 0 Å². The molecule has 0 bridgehead atoms. The van der Waals surface area contributed by atoms with Crippen LogP contribution in [0.5, 0.6) is 5.75 Å². The van der Waals surface area contributed by atoms with Crippen LogP contribution in [0.4, 0.5) is 0 Å². The lowest BCUT2D eigenvalue weighted by atomic mass is 9.87. The van der Waals surface area contributed by atoms with Crippen molar-refractivity contribution in [2.45, 2.75) is 39.0 Å². The molecule has 3 heteroatoms. The molecule has 0 amide bonds. The van der Waals surface area contributed by atoms with E-state index in [4.69, 9.17) is 4.74 Å². The summed E-state index contributed by atoms with van der Waals surface area (Å²) in [5, 5.41) is 3.42. The minimum atomic E-state index is 0.179. The lowest BCUT2D eigenvalue weighted by molar-refractivity contribution is -0.119. The Morgan fingerprint density at radius 2 is 2.00 bits per heavy atom. The number of methoxy groups -OCH3 is 1. The van der Waals surface area contributed by atoms with Crippen LogP contribution in [0.25, 0.3) is 0 Å². The summed E-state index contributed by atoms with van der Waals surface area (Å²) in [7, 11) is 1.66. The SMILES string of the molecule is COc1ccc(C2C=C(NCCC(C)C)CC(=O)C2)cc1. The predicted octanol–water partition coefficient (Wildman–Crippen LogP) is 3.66. The van der Waals surface area contributed by atoms with E-state index in [1.54, 1.807) is 7.11 Å². The number of hydrogen-bond donors (Lipinski definition) is 1.